The van der Waals surface area contributed by atoms with Crippen molar-refractivity contribution in [2.45, 2.75) is 51.7 Å². The maximum atomic E-state index is 12.0. The number of carbonyl (C=O) groups excluding carboxylic acids is 1. The smallest absolute Gasteiger partial charge is 0.223 e. The molecule has 2 atom stereocenters. The number of rotatable bonds is 6. The van der Waals surface area contributed by atoms with Crippen molar-refractivity contribution in [3.05, 3.63) is 0 Å². The lowest BCUT2D eigenvalue weighted by Gasteiger charge is -2.35. The molecule has 0 radical (unpaired) electrons. The Hall–Kier alpha value is -0.650. The summed E-state index contributed by atoms with van der Waals surface area (Å²) in [6.45, 7) is 10.2. The minimum atomic E-state index is 0.229. The minimum absolute atomic E-state index is 0.229. The topological polar surface area (TPSA) is 53.6 Å². The molecule has 1 amide bonds. The van der Waals surface area contributed by atoms with Crippen LogP contribution in [0.3, 0.4) is 0 Å². The third kappa shape index (κ3) is 5.93. The van der Waals surface area contributed by atoms with Gasteiger partial charge in [-0.15, -0.1) is 0 Å². The van der Waals surface area contributed by atoms with Gasteiger partial charge in [0.05, 0.1) is 12.2 Å². The molecular formula is C16H31N3O2. The first kappa shape index (κ1) is 16.7. The quantitative estimate of drug-likeness (QED) is 0.718. The Morgan fingerprint density at radius 1 is 1.19 bits per heavy atom. The predicted molar refractivity (Wildman–Crippen MR) is 84.3 cm³/mol. The molecule has 2 rings (SSSR count). The van der Waals surface area contributed by atoms with Gasteiger partial charge in [0.25, 0.3) is 0 Å². The summed E-state index contributed by atoms with van der Waals surface area (Å²) in [6.07, 6.45) is 4.86. The Bertz CT molecular complexity index is 309. The van der Waals surface area contributed by atoms with Gasteiger partial charge >= 0.3 is 0 Å². The summed E-state index contributed by atoms with van der Waals surface area (Å²) in [5.74, 6) is 0.484. The van der Waals surface area contributed by atoms with E-state index in [2.05, 4.69) is 29.4 Å². The van der Waals surface area contributed by atoms with Crippen LogP contribution in [0.15, 0.2) is 0 Å². The molecule has 122 valence electrons. The first-order valence-electron chi connectivity index (χ1n) is 8.51. The van der Waals surface area contributed by atoms with Crippen molar-refractivity contribution in [2.24, 2.45) is 5.92 Å². The molecule has 2 unspecified atom stereocenters. The Morgan fingerprint density at radius 2 is 1.86 bits per heavy atom. The summed E-state index contributed by atoms with van der Waals surface area (Å²) >= 11 is 0. The van der Waals surface area contributed by atoms with Gasteiger partial charge in [0, 0.05) is 25.6 Å². The van der Waals surface area contributed by atoms with Gasteiger partial charge in [0.2, 0.25) is 5.91 Å². The molecule has 2 saturated heterocycles. The van der Waals surface area contributed by atoms with E-state index in [1.807, 2.05) is 0 Å². The number of ether oxygens (including phenoxy) is 1. The average molecular weight is 297 g/mol. The number of carbonyl (C=O) groups is 1. The number of morpholine rings is 1. The van der Waals surface area contributed by atoms with Crippen LogP contribution in [0.2, 0.25) is 0 Å². The first-order valence-corrected chi connectivity index (χ1v) is 8.51. The fourth-order valence-corrected chi connectivity index (χ4v) is 3.37. The molecular weight excluding hydrogens is 266 g/mol. The number of hydrogen-bond donors (Lipinski definition) is 2. The number of amides is 1. The molecule has 2 aliphatic rings. The van der Waals surface area contributed by atoms with Crippen molar-refractivity contribution in [1.82, 2.24) is 15.5 Å². The molecule has 0 aromatic heterocycles. The lowest BCUT2D eigenvalue weighted by Crippen LogP contribution is -2.45. The first-order chi connectivity index (χ1) is 10.1. The van der Waals surface area contributed by atoms with Gasteiger partial charge in [0.15, 0.2) is 0 Å². The summed E-state index contributed by atoms with van der Waals surface area (Å²) in [5.41, 5.74) is 0. The van der Waals surface area contributed by atoms with Crippen LogP contribution in [0.25, 0.3) is 0 Å². The van der Waals surface area contributed by atoms with Crippen LogP contribution in [-0.2, 0) is 9.53 Å². The number of nitrogens with one attached hydrogen (secondary N) is 2. The Balaban J connectivity index is 1.52. The van der Waals surface area contributed by atoms with Crippen molar-refractivity contribution >= 4 is 5.91 Å². The fraction of sp³-hybridized carbons (Fsp3) is 0.938. The SMILES string of the molecule is CC1CN(CCCCNC(=O)C2CCNCC2)CC(C)O1. The second-order valence-corrected chi connectivity index (χ2v) is 6.54. The molecule has 21 heavy (non-hydrogen) atoms. The van der Waals surface area contributed by atoms with E-state index in [0.29, 0.717) is 12.2 Å². The minimum Gasteiger partial charge on any atom is -0.373 e. The molecule has 0 aromatic carbocycles. The van der Waals surface area contributed by atoms with Gasteiger partial charge in [-0.2, -0.15) is 0 Å². The number of nitrogens with zero attached hydrogens (tertiary/aromatic N) is 1. The maximum absolute atomic E-state index is 12.0. The highest BCUT2D eigenvalue weighted by atomic mass is 16.5. The van der Waals surface area contributed by atoms with E-state index >= 15 is 0 Å². The monoisotopic (exact) mass is 297 g/mol. The van der Waals surface area contributed by atoms with Gasteiger partial charge in [-0.3, -0.25) is 9.69 Å². The van der Waals surface area contributed by atoms with E-state index in [4.69, 9.17) is 4.74 Å². The molecule has 5 heteroatoms. The van der Waals surface area contributed by atoms with Crippen LogP contribution in [0, 0.1) is 5.92 Å². The van der Waals surface area contributed by atoms with Crippen LogP contribution in [0.1, 0.15) is 39.5 Å². The van der Waals surface area contributed by atoms with E-state index in [0.717, 1.165) is 65.0 Å². The van der Waals surface area contributed by atoms with Gasteiger partial charge in [-0.05, 0) is 59.2 Å². The third-order valence-electron chi connectivity index (χ3n) is 4.41. The maximum Gasteiger partial charge on any atom is 0.223 e. The molecule has 0 aromatic rings. The third-order valence-corrected chi connectivity index (χ3v) is 4.41. The van der Waals surface area contributed by atoms with Gasteiger partial charge in [-0.25, -0.2) is 0 Å². The Labute approximate surface area is 128 Å². The number of piperidine rings is 1. The van der Waals surface area contributed by atoms with Crippen molar-refractivity contribution in [3.63, 3.8) is 0 Å². The fourth-order valence-electron chi connectivity index (χ4n) is 3.37. The van der Waals surface area contributed by atoms with Crippen LogP contribution >= 0.6 is 0 Å². The molecule has 0 bridgehead atoms. The van der Waals surface area contributed by atoms with E-state index in [-0.39, 0.29) is 11.8 Å². The van der Waals surface area contributed by atoms with Crippen LogP contribution in [0.4, 0.5) is 0 Å². The highest BCUT2D eigenvalue weighted by molar-refractivity contribution is 5.78. The van der Waals surface area contributed by atoms with Crippen molar-refractivity contribution in [3.8, 4) is 0 Å². The zero-order valence-electron chi connectivity index (χ0n) is 13.6. The lowest BCUT2D eigenvalue weighted by atomic mass is 9.97. The molecule has 2 fully saturated rings. The summed E-state index contributed by atoms with van der Waals surface area (Å²) in [4.78, 5) is 14.5. The van der Waals surface area contributed by atoms with Crippen LogP contribution in [0.5, 0.6) is 0 Å². The Morgan fingerprint density at radius 3 is 2.52 bits per heavy atom. The van der Waals surface area contributed by atoms with Crippen LogP contribution < -0.4 is 10.6 Å². The van der Waals surface area contributed by atoms with E-state index in [1.54, 1.807) is 0 Å². The summed E-state index contributed by atoms with van der Waals surface area (Å²) < 4.78 is 5.74. The summed E-state index contributed by atoms with van der Waals surface area (Å²) in [6, 6.07) is 0. The van der Waals surface area contributed by atoms with Gasteiger partial charge in [0.1, 0.15) is 0 Å². The molecule has 2 aliphatic heterocycles. The number of hydrogen-bond acceptors (Lipinski definition) is 4. The van der Waals surface area contributed by atoms with Crippen molar-refractivity contribution in [2.75, 3.05) is 39.3 Å². The van der Waals surface area contributed by atoms with E-state index < -0.39 is 0 Å². The molecule has 0 aliphatic carbocycles. The van der Waals surface area contributed by atoms with Crippen molar-refractivity contribution < 1.29 is 9.53 Å². The highest BCUT2D eigenvalue weighted by Gasteiger charge is 2.22. The second-order valence-electron chi connectivity index (χ2n) is 6.54. The van der Waals surface area contributed by atoms with Crippen molar-refractivity contribution in [1.29, 1.82) is 0 Å². The molecule has 2 heterocycles. The second kappa shape index (κ2) is 8.71. The zero-order valence-corrected chi connectivity index (χ0v) is 13.6. The summed E-state index contributed by atoms with van der Waals surface area (Å²) in [5, 5.41) is 6.39. The molecule has 0 spiro atoms. The largest absolute Gasteiger partial charge is 0.373 e. The van der Waals surface area contributed by atoms with E-state index in [1.165, 1.54) is 0 Å². The predicted octanol–water partition coefficient (Wildman–Crippen LogP) is 0.992. The van der Waals surface area contributed by atoms with Crippen LogP contribution in [-0.4, -0.2) is 62.3 Å². The zero-order chi connectivity index (χ0) is 15.1. The molecule has 5 nitrogen and oxygen atoms in total. The molecule has 2 N–H and O–H groups in total. The van der Waals surface area contributed by atoms with Gasteiger partial charge in [-0.1, -0.05) is 0 Å². The highest BCUT2D eigenvalue weighted by Crippen LogP contribution is 2.12. The summed E-state index contributed by atoms with van der Waals surface area (Å²) in [7, 11) is 0. The number of unbranched alkanes of at least 4 members (excludes halogenated alkanes) is 1. The molecule has 0 saturated carbocycles. The van der Waals surface area contributed by atoms with E-state index in [9.17, 15) is 4.79 Å². The average Bonchev–Trinajstić information content (AvgIpc) is 2.46. The Kier molecular flexibility index (Phi) is 6.93. The lowest BCUT2D eigenvalue weighted by molar-refractivity contribution is -0.125. The normalized spacial score (nSPS) is 28.5. The van der Waals surface area contributed by atoms with Gasteiger partial charge < -0.3 is 15.4 Å². The standard InChI is InChI=1S/C16H31N3O2/c1-13-11-19(12-14(2)21-13)10-4-3-7-18-16(20)15-5-8-17-9-6-15/h13-15,17H,3-12H2,1-2H3,(H,18,20).